The van der Waals surface area contributed by atoms with Crippen LogP contribution < -0.4 is 11.5 Å². The summed E-state index contributed by atoms with van der Waals surface area (Å²) in [6.07, 6.45) is 0. The maximum Gasteiger partial charge on any atom is 0.130 e. The Hall–Kier alpha value is -1.09. The molecular weight excluding hydrogens is 155 g/mol. The Balaban J connectivity index is 3.23. The van der Waals surface area contributed by atoms with Crippen molar-refractivity contribution in [3.05, 3.63) is 29.1 Å². The molecule has 1 unspecified atom stereocenters. The lowest BCUT2D eigenvalue weighted by Gasteiger charge is -2.09. The summed E-state index contributed by atoms with van der Waals surface area (Å²) in [5, 5.41) is 0. The quantitative estimate of drug-likeness (QED) is 0.627. The third kappa shape index (κ3) is 1.56. The van der Waals surface area contributed by atoms with E-state index in [-0.39, 0.29) is 11.9 Å². The second-order valence-electron chi connectivity index (χ2n) is 3.02. The maximum absolute atomic E-state index is 13.1. The Kier molecular flexibility index (Phi) is 2.33. The molecule has 1 aromatic carbocycles. The first-order valence-corrected chi connectivity index (χ1v) is 3.83. The molecule has 0 fully saturated rings. The van der Waals surface area contributed by atoms with Crippen molar-refractivity contribution in [3.63, 3.8) is 0 Å². The summed E-state index contributed by atoms with van der Waals surface area (Å²) in [6.45, 7) is 3.58. The Labute approximate surface area is 71.4 Å². The zero-order valence-electron chi connectivity index (χ0n) is 7.26. The number of anilines is 1. The minimum atomic E-state index is -0.326. The molecule has 1 aromatic rings. The summed E-state index contributed by atoms with van der Waals surface area (Å²) < 4.78 is 13.1. The van der Waals surface area contributed by atoms with Gasteiger partial charge in [-0.25, -0.2) is 4.39 Å². The van der Waals surface area contributed by atoms with Crippen molar-refractivity contribution in [3.8, 4) is 0 Å². The molecular formula is C9H13FN2. The number of nitrogens with two attached hydrogens (primary N) is 2. The largest absolute Gasteiger partial charge is 0.398 e. The van der Waals surface area contributed by atoms with Crippen LogP contribution in [0, 0.1) is 12.7 Å². The van der Waals surface area contributed by atoms with E-state index in [4.69, 9.17) is 11.5 Å². The molecule has 2 nitrogen and oxygen atoms in total. The van der Waals surface area contributed by atoms with E-state index in [2.05, 4.69) is 0 Å². The number of halogens is 1. The topological polar surface area (TPSA) is 52.0 Å². The van der Waals surface area contributed by atoms with Gasteiger partial charge in [-0.1, -0.05) is 0 Å². The summed E-state index contributed by atoms with van der Waals surface area (Å²) in [6, 6.07) is 2.72. The van der Waals surface area contributed by atoms with Crippen LogP contribution in [-0.2, 0) is 0 Å². The lowest BCUT2D eigenvalue weighted by molar-refractivity contribution is 0.594. The lowest BCUT2D eigenvalue weighted by atomic mass is 10.0. The zero-order valence-corrected chi connectivity index (χ0v) is 7.26. The molecule has 3 heteroatoms. The van der Waals surface area contributed by atoms with Crippen molar-refractivity contribution in [1.82, 2.24) is 0 Å². The number of benzene rings is 1. The second kappa shape index (κ2) is 3.11. The highest BCUT2D eigenvalue weighted by atomic mass is 19.1. The Bertz CT molecular complexity index is 295. The highest BCUT2D eigenvalue weighted by molar-refractivity contribution is 5.48. The molecule has 66 valence electrons. The second-order valence-corrected chi connectivity index (χ2v) is 3.02. The predicted molar refractivity (Wildman–Crippen MR) is 48.2 cm³/mol. The van der Waals surface area contributed by atoms with Gasteiger partial charge < -0.3 is 11.5 Å². The SMILES string of the molecule is Cc1cc(C(C)N)c(F)cc1N. The van der Waals surface area contributed by atoms with Crippen LogP contribution in [0.3, 0.4) is 0 Å². The van der Waals surface area contributed by atoms with Gasteiger partial charge in [-0.2, -0.15) is 0 Å². The molecule has 0 aromatic heterocycles. The van der Waals surface area contributed by atoms with Crippen LogP contribution in [0.15, 0.2) is 12.1 Å². The van der Waals surface area contributed by atoms with Crippen LogP contribution >= 0.6 is 0 Å². The van der Waals surface area contributed by atoms with Gasteiger partial charge in [-0.05, 0) is 31.5 Å². The summed E-state index contributed by atoms with van der Waals surface area (Å²) in [5.41, 5.74) is 12.9. The molecule has 0 aliphatic rings. The zero-order chi connectivity index (χ0) is 9.30. The number of aryl methyl sites for hydroxylation is 1. The normalized spacial score (nSPS) is 13.0. The number of hydrogen-bond acceptors (Lipinski definition) is 2. The van der Waals surface area contributed by atoms with Gasteiger partial charge in [0.15, 0.2) is 0 Å². The molecule has 0 amide bonds. The van der Waals surface area contributed by atoms with Crippen molar-refractivity contribution in [1.29, 1.82) is 0 Å². The Morgan fingerprint density at radius 1 is 1.42 bits per heavy atom. The van der Waals surface area contributed by atoms with E-state index < -0.39 is 0 Å². The van der Waals surface area contributed by atoms with E-state index in [9.17, 15) is 4.39 Å². The minimum absolute atomic E-state index is 0.288. The van der Waals surface area contributed by atoms with Gasteiger partial charge in [0.05, 0.1) is 0 Å². The van der Waals surface area contributed by atoms with Gasteiger partial charge in [0, 0.05) is 17.3 Å². The third-order valence-electron chi connectivity index (χ3n) is 1.88. The number of hydrogen-bond donors (Lipinski definition) is 2. The first-order chi connectivity index (χ1) is 5.52. The summed E-state index contributed by atoms with van der Waals surface area (Å²) in [7, 11) is 0. The van der Waals surface area contributed by atoms with Crippen molar-refractivity contribution in [2.75, 3.05) is 5.73 Å². The fourth-order valence-corrected chi connectivity index (χ4v) is 1.07. The molecule has 0 saturated heterocycles. The van der Waals surface area contributed by atoms with Crippen molar-refractivity contribution in [2.24, 2.45) is 5.73 Å². The van der Waals surface area contributed by atoms with Crippen molar-refractivity contribution in [2.45, 2.75) is 19.9 Å². The van der Waals surface area contributed by atoms with Gasteiger partial charge in [0.1, 0.15) is 5.82 Å². The van der Waals surface area contributed by atoms with Crippen LogP contribution in [0.4, 0.5) is 10.1 Å². The molecule has 0 aliphatic carbocycles. The first-order valence-electron chi connectivity index (χ1n) is 3.83. The van der Waals surface area contributed by atoms with E-state index in [1.54, 1.807) is 13.0 Å². The summed E-state index contributed by atoms with van der Waals surface area (Å²) in [5.74, 6) is -0.326. The standard InChI is InChI=1S/C9H13FN2/c1-5-3-7(6(2)11)8(10)4-9(5)12/h3-4,6H,11-12H2,1-2H3. The Morgan fingerprint density at radius 3 is 2.50 bits per heavy atom. The molecule has 4 N–H and O–H groups in total. The summed E-state index contributed by atoms with van der Waals surface area (Å²) >= 11 is 0. The number of rotatable bonds is 1. The Morgan fingerprint density at radius 2 is 2.00 bits per heavy atom. The molecule has 0 bridgehead atoms. The molecule has 12 heavy (non-hydrogen) atoms. The molecule has 1 rings (SSSR count). The maximum atomic E-state index is 13.1. The van der Waals surface area contributed by atoms with E-state index in [1.807, 2.05) is 6.92 Å². The fraction of sp³-hybridized carbons (Fsp3) is 0.333. The molecule has 0 heterocycles. The highest BCUT2D eigenvalue weighted by Crippen LogP contribution is 2.20. The lowest BCUT2D eigenvalue weighted by Crippen LogP contribution is -2.08. The van der Waals surface area contributed by atoms with Gasteiger partial charge in [0.25, 0.3) is 0 Å². The van der Waals surface area contributed by atoms with Crippen molar-refractivity contribution < 1.29 is 4.39 Å². The highest BCUT2D eigenvalue weighted by Gasteiger charge is 2.08. The van der Waals surface area contributed by atoms with Crippen LogP contribution in [0.2, 0.25) is 0 Å². The minimum Gasteiger partial charge on any atom is -0.398 e. The number of nitrogen functional groups attached to an aromatic ring is 1. The molecule has 1 atom stereocenters. The molecule has 0 aliphatic heterocycles. The smallest absolute Gasteiger partial charge is 0.130 e. The predicted octanol–water partition coefficient (Wildman–Crippen LogP) is 1.74. The fourth-order valence-electron chi connectivity index (χ4n) is 1.07. The third-order valence-corrected chi connectivity index (χ3v) is 1.88. The summed E-state index contributed by atoms with van der Waals surface area (Å²) in [4.78, 5) is 0. The van der Waals surface area contributed by atoms with E-state index in [0.717, 1.165) is 5.56 Å². The van der Waals surface area contributed by atoms with Crippen LogP contribution in [0.5, 0.6) is 0 Å². The van der Waals surface area contributed by atoms with Gasteiger partial charge in [-0.15, -0.1) is 0 Å². The molecule has 0 spiro atoms. The van der Waals surface area contributed by atoms with Gasteiger partial charge in [-0.3, -0.25) is 0 Å². The van der Waals surface area contributed by atoms with E-state index in [0.29, 0.717) is 11.3 Å². The molecule has 0 radical (unpaired) electrons. The van der Waals surface area contributed by atoms with Crippen LogP contribution in [0.1, 0.15) is 24.1 Å². The van der Waals surface area contributed by atoms with Crippen LogP contribution in [-0.4, -0.2) is 0 Å². The average Bonchev–Trinajstić information content (AvgIpc) is 1.96. The van der Waals surface area contributed by atoms with E-state index in [1.165, 1.54) is 6.07 Å². The monoisotopic (exact) mass is 168 g/mol. The van der Waals surface area contributed by atoms with Crippen molar-refractivity contribution >= 4 is 5.69 Å². The van der Waals surface area contributed by atoms with Gasteiger partial charge in [0.2, 0.25) is 0 Å². The van der Waals surface area contributed by atoms with Gasteiger partial charge >= 0.3 is 0 Å². The first kappa shape index (κ1) is 9.00. The van der Waals surface area contributed by atoms with E-state index >= 15 is 0 Å². The molecule has 0 saturated carbocycles. The van der Waals surface area contributed by atoms with Crippen LogP contribution in [0.25, 0.3) is 0 Å². The average molecular weight is 168 g/mol.